The summed E-state index contributed by atoms with van der Waals surface area (Å²) in [6.07, 6.45) is 9.08. The number of aromatic nitrogens is 1. The molecule has 3 heteroatoms. The summed E-state index contributed by atoms with van der Waals surface area (Å²) in [6, 6.07) is 8.67. The zero-order valence-electron chi connectivity index (χ0n) is 12.0. The summed E-state index contributed by atoms with van der Waals surface area (Å²) in [7, 11) is 0. The average molecular weight is 272 g/mol. The third-order valence-corrected chi connectivity index (χ3v) is 4.13. The fourth-order valence-electron chi connectivity index (χ4n) is 2.97. The molecule has 0 saturated heterocycles. The minimum Gasteiger partial charge on any atom is -0.377 e. The van der Waals surface area contributed by atoms with Crippen LogP contribution in [0, 0.1) is 0 Å². The second-order valence-electron chi connectivity index (χ2n) is 5.71. The molecular formula is C17H24N2O. The van der Waals surface area contributed by atoms with Crippen LogP contribution in [0.15, 0.2) is 30.5 Å². The molecule has 108 valence electrons. The molecule has 2 aromatic rings. The Morgan fingerprint density at radius 2 is 2.05 bits per heavy atom. The third-order valence-electron chi connectivity index (χ3n) is 4.13. The maximum atomic E-state index is 5.91. The third kappa shape index (κ3) is 3.62. The van der Waals surface area contributed by atoms with Gasteiger partial charge in [-0.15, -0.1) is 0 Å². The SMILES string of the molecule is c1cc2cc(CNCCOC3CCCCC3)ccc2[nH]1. The maximum absolute atomic E-state index is 5.91. The lowest BCUT2D eigenvalue weighted by molar-refractivity contribution is 0.0302. The number of aromatic amines is 1. The monoisotopic (exact) mass is 272 g/mol. The largest absolute Gasteiger partial charge is 0.377 e. The van der Waals surface area contributed by atoms with Crippen molar-refractivity contribution >= 4 is 10.9 Å². The number of benzene rings is 1. The average Bonchev–Trinajstić information content (AvgIpc) is 2.95. The molecule has 0 amide bonds. The van der Waals surface area contributed by atoms with E-state index in [1.165, 1.54) is 48.6 Å². The molecule has 1 saturated carbocycles. The lowest BCUT2D eigenvalue weighted by Gasteiger charge is -2.22. The van der Waals surface area contributed by atoms with E-state index in [4.69, 9.17) is 4.74 Å². The van der Waals surface area contributed by atoms with E-state index in [1.807, 2.05) is 6.20 Å². The molecule has 0 spiro atoms. The second-order valence-corrected chi connectivity index (χ2v) is 5.71. The Balaban J connectivity index is 1.36. The van der Waals surface area contributed by atoms with Gasteiger partial charge >= 0.3 is 0 Å². The van der Waals surface area contributed by atoms with Gasteiger partial charge in [-0.3, -0.25) is 0 Å². The van der Waals surface area contributed by atoms with Crippen LogP contribution in [0.4, 0.5) is 0 Å². The number of nitrogens with one attached hydrogen (secondary N) is 2. The number of hydrogen-bond donors (Lipinski definition) is 2. The highest BCUT2D eigenvalue weighted by molar-refractivity contribution is 5.79. The number of hydrogen-bond acceptors (Lipinski definition) is 2. The molecule has 20 heavy (non-hydrogen) atoms. The molecule has 0 radical (unpaired) electrons. The first-order valence-electron chi connectivity index (χ1n) is 7.80. The van der Waals surface area contributed by atoms with E-state index in [0.717, 1.165) is 19.7 Å². The predicted molar refractivity (Wildman–Crippen MR) is 82.8 cm³/mol. The molecule has 1 aromatic carbocycles. The Labute approximate surface area is 120 Å². The Morgan fingerprint density at radius 1 is 1.15 bits per heavy atom. The quantitative estimate of drug-likeness (QED) is 0.788. The van der Waals surface area contributed by atoms with Crippen LogP contribution >= 0.6 is 0 Å². The van der Waals surface area contributed by atoms with Gasteiger partial charge in [-0.05, 0) is 42.0 Å². The van der Waals surface area contributed by atoms with Crippen molar-refractivity contribution in [2.45, 2.75) is 44.8 Å². The number of ether oxygens (including phenoxy) is 1. The summed E-state index contributed by atoms with van der Waals surface area (Å²) in [5, 5.41) is 4.74. The zero-order valence-corrected chi connectivity index (χ0v) is 12.0. The summed E-state index contributed by atoms with van der Waals surface area (Å²) in [6.45, 7) is 2.67. The van der Waals surface area contributed by atoms with Gasteiger partial charge in [0.2, 0.25) is 0 Å². The second kappa shape index (κ2) is 6.91. The first-order valence-corrected chi connectivity index (χ1v) is 7.80. The lowest BCUT2D eigenvalue weighted by atomic mass is 9.98. The molecule has 3 nitrogen and oxygen atoms in total. The molecule has 0 bridgehead atoms. The van der Waals surface area contributed by atoms with E-state index < -0.39 is 0 Å². The Bertz CT molecular complexity index is 529. The predicted octanol–water partition coefficient (Wildman–Crippen LogP) is 3.61. The Kier molecular flexibility index (Phi) is 4.72. The van der Waals surface area contributed by atoms with Gasteiger partial charge in [0, 0.05) is 24.8 Å². The van der Waals surface area contributed by atoms with Crippen LogP contribution in [-0.4, -0.2) is 24.2 Å². The summed E-state index contributed by atoms with van der Waals surface area (Å²) < 4.78 is 5.91. The van der Waals surface area contributed by atoms with Crippen LogP contribution in [-0.2, 0) is 11.3 Å². The van der Waals surface area contributed by atoms with E-state index in [9.17, 15) is 0 Å². The van der Waals surface area contributed by atoms with E-state index >= 15 is 0 Å². The highest BCUT2D eigenvalue weighted by Crippen LogP contribution is 2.19. The molecule has 1 aromatic heterocycles. The van der Waals surface area contributed by atoms with Crippen LogP contribution in [0.3, 0.4) is 0 Å². The fourth-order valence-corrected chi connectivity index (χ4v) is 2.97. The lowest BCUT2D eigenvalue weighted by Crippen LogP contribution is -2.24. The highest BCUT2D eigenvalue weighted by atomic mass is 16.5. The molecule has 0 aliphatic heterocycles. The van der Waals surface area contributed by atoms with Gasteiger partial charge in [0.05, 0.1) is 12.7 Å². The van der Waals surface area contributed by atoms with Crippen molar-refractivity contribution in [3.63, 3.8) is 0 Å². The topological polar surface area (TPSA) is 37.0 Å². The van der Waals surface area contributed by atoms with Crippen molar-refractivity contribution in [2.75, 3.05) is 13.2 Å². The molecule has 0 atom stereocenters. The van der Waals surface area contributed by atoms with Crippen molar-refractivity contribution in [1.29, 1.82) is 0 Å². The standard InChI is InChI=1S/C17H24N2O/c1-2-4-16(5-3-1)20-11-10-18-13-14-6-7-17-15(12-14)8-9-19-17/h6-9,12,16,18-19H,1-5,10-11,13H2. The summed E-state index contributed by atoms with van der Waals surface area (Å²) in [4.78, 5) is 3.22. The van der Waals surface area contributed by atoms with E-state index in [0.29, 0.717) is 6.10 Å². The van der Waals surface area contributed by atoms with Gasteiger partial charge in [-0.1, -0.05) is 25.3 Å². The zero-order chi connectivity index (χ0) is 13.6. The van der Waals surface area contributed by atoms with Gasteiger partial charge in [-0.25, -0.2) is 0 Å². The minimum absolute atomic E-state index is 0.516. The molecular weight excluding hydrogens is 248 g/mol. The normalized spacial score (nSPS) is 16.8. The van der Waals surface area contributed by atoms with Gasteiger partial charge in [0.25, 0.3) is 0 Å². The van der Waals surface area contributed by atoms with Crippen molar-refractivity contribution in [3.8, 4) is 0 Å². The highest BCUT2D eigenvalue weighted by Gasteiger charge is 2.12. The van der Waals surface area contributed by atoms with Gasteiger partial charge in [0.1, 0.15) is 0 Å². The Morgan fingerprint density at radius 3 is 2.95 bits per heavy atom. The van der Waals surface area contributed by atoms with Crippen LogP contribution in [0.1, 0.15) is 37.7 Å². The molecule has 1 fully saturated rings. The first kappa shape index (κ1) is 13.7. The van der Waals surface area contributed by atoms with Crippen molar-refractivity contribution in [3.05, 3.63) is 36.0 Å². The van der Waals surface area contributed by atoms with Crippen molar-refractivity contribution in [1.82, 2.24) is 10.3 Å². The van der Waals surface area contributed by atoms with Crippen LogP contribution < -0.4 is 5.32 Å². The summed E-state index contributed by atoms with van der Waals surface area (Å²) >= 11 is 0. The Hall–Kier alpha value is -1.32. The number of fused-ring (bicyclic) bond motifs is 1. The van der Waals surface area contributed by atoms with Crippen LogP contribution in [0.25, 0.3) is 10.9 Å². The molecule has 1 aliphatic rings. The molecule has 1 heterocycles. The van der Waals surface area contributed by atoms with Crippen LogP contribution in [0.2, 0.25) is 0 Å². The van der Waals surface area contributed by atoms with Gasteiger partial charge in [-0.2, -0.15) is 0 Å². The summed E-state index contributed by atoms with van der Waals surface area (Å²) in [5.74, 6) is 0. The summed E-state index contributed by atoms with van der Waals surface area (Å²) in [5.41, 5.74) is 2.53. The maximum Gasteiger partial charge on any atom is 0.0594 e. The molecule has 1 aliphatic carbocycles. The van der Waals surface area contributed by atoms with Crippen molar-refractivity contribution in [2.24, 2.45) is 0 Å². The van der Waals surface area contributed by atoms with E-state index in [1.54, 1.807) is 0 Å². The van der Waals surface area contributed by atoms with Crippen molar-refractivity contribution < 1.29 is 4.74 Å². The smallest absolute Gasteiger partial charge is 0.0594 e. The number of H-pyrrole nitrogens is 1. The first-order chi connectivity index (χ1) is 9.92. The van der Waals surface area contributed by atoms with E-state index in [-0.39, 0.29) is 0 Å². The minimum atomic E-state index is 0.516. The number of rotatable bonds is 6. The van der Waals surface area contributed by atoms with Crippen LogP contribution in [0.5, 0.6) is 0 Å². The molecule has 0 unspecified atom stereocenters. The fraction of sp³-hybridized carbons (Fsp3) is 0.529. The molecule has 2 N–H and O–H groups in total. The molecule has 3 rings (SSSR count). The van der Waals surface area contributed by atoms with E-state index in [2.05, 4.69) is 34.6 Å². The van der Waals surface area contributed by atoms with Gasteiger partial charge < -0.3 is 15.0 Å². The van der Waals surface area contributed by atoms with Gasteiger partial charge in [0.15, 0.2) is 0 Å².